The van der Waals surface area contributed by atoms with Crippen molar-refractivity contribution in [3.8, 4) is 0 Å². The third-order valence-corrected chi connectivity index (χ3v) is 11.4. The van der Waals surface area contributed by atoms with Gasteiger partial charge in [0.25, 0.3) is 0 Å². The van der Waals surface area contributed by atoms with Crippen LogP contribution in [0, 0.1) is 0 Å². The van der Waals surface area contributed by atoms with E-state index in [1.54, 1.807) is 0 Å². The van der Waals surface area contributed by atoms with E-state index in [2.05, 4.69) is 138 Å². The van der Waals surface area contributed by atoms with Crippen LogP contribution in [0.15, 0.2) is 97.3 Å². The normalized spacial score (nSPS) is 17.5. The van der Waals surface area contributed by atoms with E-state index in [4.69, 9.17) is 35.9 Å². The largest absolute Gasteiger partial charge is 2.00 e. The molecule has 0 bridgehead atoms. The third kappa shape index (κ3) is 15.1. The Hall–Kier alpha value is -3.42. The molecule has 2 unspecified atom stereocenters. The number of rotatable bonds is 8. The van der Waals surface area contributed by atoms with Crippen LogP contribution in [-0.4, -0.2) is 82.9 Å². The Morgan fingerprint density at radius 1 is 0.557 bits per heavy atom. The molecule has 1 aliphatic rings. The van der Waals surface area contributed by atoms with E-state index in [9.17, 15) is 26.3 Å². The molecule has 61 heavy (non-hydrogen) atoms. The zero-order valence-corrected chi connectivity index (χ0v) is 38.0. The number of nitrogens with zero attached hydrogens (tertiary/aromatic N) is 4. The van der Waals surface area contributed by atoms with Gasteiger partial charge in [0.1, 0.15) is 0 Å². The topological polar surface area (TPSA) is 141 Å². The van der Waals surface area contributed by atoms with Crippen LogP contribution in [0.2, 0.25) is 0 Å². The summed E-state index contributed by atoms with van der Waals surface area (Å²) in [7, 11) is -7.04. The number of pyridine rings is 2. The molecule has 1 aliphatic carbocycles. The summed E-state index contributed by atoms with van der Waals surface area (Å²) in [4.78, 5) is 15.0. The second-order valence-electron chi connectivity index (χ2n) is 16.7. The summed E-state index contributed by atoms with van der Waals surface area (Å²) in [5.41, 5.74) is -3.32. The predicted molar refractivity (Wildman–Crippen MR) is 219 cm³/mol. The van der Waals surface area contributed by atoms with Gasteiger partial charge in [0.05, 0.1) is 23.5 Å². The molecule has 0 saturated heterocycles. The number of hydrogen-bond donors (Lipinski definition) is 2. The van der Waals surface area contributed by atoms with E-state index < -0.39 is 31.3 Å². The van der Waals surface area contributed by atoms with Crippen molar-refractivity contribution in [2.24, 2.45) is 0 Å². The van der Waals surface area contributed by atoms with Crippen molar-refractivity contribution in [3.63, 3.8) is 0 Å². The van der Waals surface area contributed by atoms with E-state index >= 15 is 0 Å². The summed E-state index contributed by atoms with van der Waals surface area (Å²) >= 11 is 0. The van der Waals surface area contributed by atoms with Crippen LogP contribution >= 0.6 is 0 Å². The van der Waals surface area contributed by atoms with Crippen molar-refractivity contribution >= 4 is 20.2 Å². The van der Waals surface area contributed by atoms with E-state index in [1.807, 2.05) is 24.5 Å². The Bertz CT molecular complexity index is 2010. The summed E-state index contributed by atoms with van der Waals surface area (Å²) in [6.07, 6.45) is 8.67. The average Bonchev–Trinajstić information content (AvgIpc) is 3.14. The Balaban J connectivity index is 0.000000638. The zero-order valence-electron chi connectivity index (χ0n) is 35.2. The Labute approximate surface area is 366 Å². The summed E-state index contributed by atoms with van der Waals surface area (Å²) < 4.78 is 115. The van der Waals surface area contributed by atoms with Crippen LogP contribution in [0.25, 0.3) is 0 Å². The molecular formula is C42H54F6MnN4O6S2+2. The van der Waals surface area contributed by atoms with Crippen LogP contribution in [0.3, 0.4) is 0 Å². The molecule has 2 heterocycles. The van der Waals surface area contributed by atoms with Gasteiger partial charge in [-0.25, -0.2) is 0 Å². The smallest absolute Gasteiger partial charge is 0.290 e. The SMILES string of the molecule is CN(C1CCCCC1N(C)[C@H](c1ccc(C(C)(C)C)cc1)c1ccccn1)[C@H](c1ccc(C(C)(C)C)cc1)c1ccccn1.O=S(=O)(O)C(F)(F)F.O=S(=O)(O)C(F)(F)F.[Mn+2]. The molecule has 2 aromatic carbocycles. The second-order valence-corrected chi connectivity index (χ2v) is 19.5. The van der Waals surface area contributed by atoms with Crippen molar-refractivity contribution in [3.05, 3.63) is 131 Å². The molecule has 19 heteroatoms. The first-order valence-electron chi connectivity index (χ1n) is 19.0. The van der Waals surface area contributed by atoms with Gasteiger partial charge in [0.15, 0.2) is 0 Å². The van der Waals surface area contributed by atoms with Crippen molar-refractivity contribution in [1.82, 2.24) is 19.8 Å². The van der Waals surface area contributed by atoms with Crippen LogP contribution in [0.4, 0.5) is 26.3 Å². The molecule has 0 aliphatic heterocycles. The molecule has 1 saturated carbocycles. The molecule has 337 valence electrons. The number of likely N-dealkylation sites (N-methyl/N-ethyl adjacent to an activating group) is 2. The monoisotopic (exact) mass is 943 g/mol. The molecule has 10 nitrogen and oxygen atoms in total. The minimum atomic E-state index is -5.84. The first-order chi connectivity index (χ1) is 27.4. The van der Waals surface area contributed by atoms with Gasteiger partial charge >= 0.3 is 48.3 Å². The average molecular weight is 944 g/mol. The van der Waals surface area contributed by atoms with Crippen LogP contribution in [0.1, 0.15) is 113 Å². The fourth-order valence-electron chi connectivity index (χ4n) is 7.06. The van der Waals surface area contributed by atoms with E-state index in [1.165, 1.54) is 35.1 Å². The van der Waals surface area contributed by atoms with Gasteiger partial charge in [-0.3, -0.25) is 28.9 Å². The Morgan fingerprint density at radius 2 is 0.836 bits per heavy atom. The van der Waals surface area contributed by atoms with Gasteiger partial charge in [-0.15, -0.1) is 0 Å². The van der Waals surface area contributed by atoms with Gasteiger partial charge in [0, 0.05) is 24.5 Å². The maximum absolute atomic E-state index is 10.7. The third-order valence-electron chi connectivity index (χ3n) is 10.3. The summed E-state index contributed by atoms with van der Waals surface area (Å²) in [6, 6.07) is 32.1. The maximum Gasteiger partial charge on any atom is 2.00 e. The minimum Gasteiger partial charge on any atom is -0.290 e. The molecule has 2 N–H and O–H groups in total. The molecule has 1 fully saturated rings. The Kier molecular flexibility index (Phi) is 18.8. The summed E-state index contributed by atoms with van der Waals surface area (Å²) in [5, 5.41) is 0. The number of hydrogen-bond acceptors (Lipinski definition) is 8. The number of aromatic nitrogens is 2. The van der Waals surface area contributed by atoms with Gasteiger partial charge in [-0.1, -0.05) is 115 Å². The molecule has 1 radical (unpaired) electrons. The van der Waals surface area contributed by atoms with Crippen molar-refractivity contribution in [1.29, 1.82) is 0 Å². The van der Waals surface area contributed by atoms with Gasteiger partial charge in [-0.05, 0) is 84.3 Å². The molecule has 5 rings (SSSR count). The van der Waals surface area contributed by atoms with Crippen molar-refractivity contribution < 1.29 is 69.4 Å². The van der Waals surface area contributed by atoms with Gasteiger partial charge in [-0.2, -0.15) is 43.2 Å². The first kappa shape index (κ1) is 53.7. The van der Waals surface area contributed by atoms with E-state index in [0.717, 1.165) is 24.2 Å². The molecule has 0 amide bonds. The van der Waals surface area contributed by atoms with E-state index in [0.29, 0.717) is 12.1 Å². The van der Waals surface area contributed by atoms with Crippen molar-refractivity contribution in [2.75, 3.05) is 14.1 Å². The molecule has 4 aromatic rings. The van der Waals surface area contributed by atoms with Gasteiger partial charge in [0.2, 0.25) is 0 Å². The number of alkyl halides is 6. The zero-order chi connectivity index (χ0) is 45.5. The van der Waals surface area contributed by atoms with Crippen LogP contribution < -0.4 is 0 Å². The standard InChI is InChI=1S/C40H52N4.2CHF3O3S.Mn/c1-39(2,3)31-23-19-29(20-24-31)37(33-15-11-13-27-41-33)43(7)35-17-9-10-18-36(35)44(8)38(34-16-12-14-28-42-34)30-21-25-32(26-22-30)40(4,5)6;2*2-1(3,4)8(5,6)7;/h11-16,19-28,35-38H,9-10,17-18H2,1-8H3;2*(H,5,6,7);/q;;;+2/t35?,36?,37-,38-;;;/m1.../s1. The quantitative estimate of drug-likeness (QED) is 0.0759. The molecule has 0 spiro atoms. The Morgan fingerprint density at radius 3 is 1.05 bits per heavy atom. The number of halogens is 6. The second kappa shape index (κ2) is 21.3. The molecular weight excluding hydrogens is 890 g/mol. The van der Waals surface area contributed by atoms with Gasteiger partial charge < -0.3 is 0 Å². The fraction of sp³-hybridized carbons (Fsp3) is 0.476. The first-order valence-corrected chi connectivity index (χ1v) is 21.9. The predicted octanol–water partition coefficient (Wildman–Crippen LogP) is 9.91. The van der Waals surface area contributed by atoms with Crippen LogP contribution in [0.5, 0.6) is 0 Å². The van der Waals surface area contributed by atoms with Crippen LogP contribution in [-0.2, 0) is 48.1 Å². The number of benzene rings is 2. The fourth-order valence-corrected chi connectivity index (χ4v) is 7.06. The summed E-state index contributed by atoms with van der Waals surface area (Å²) in [6.45, 7) is 13.7. The van der Waals surface area contributed by atoms with Crippen molar-refractivity contribution in [2.45, 2.75) is 113 Å². The molecule has 2 aromatic heterocycles. The molecule has 4 atom stereocenters. The summed E-state index contributed by atoms with van der Waals surface area (Å²) in [5.74, 6) is 0. The maximum atomic E-state index is 10.7. The minimum absolute atomic E-state index is 0. The van der Waals surface area contributed by atoms with E-state index in [-0.39, 0.29) is 40.0 Å².